The van der Waals surface area contributed by atoms with Gasteiger partial charge in [0, 0.05) is 24.5 Å². The van der Waals surface area contributed by atoms with Crippen LogP contribution >= 0.6 is 0 Å². The second-order valence-electron chi connectivity index (χ2n) is 4.40. The molecule has 0 amide bonds. The van der Waals surface area contributed by atoms with Gasteiger partial charge in [0.2, 0.25) is 0 Å². The lowest BCUT2D eigenvalue weighted by molar-refractivity contribution is 0.676. The summed E-state index contributed by atoms with van der Waals surface area (Å²) in [5.41, 5.74) is 10.0. The summed E-state index contributed by atoms with van der Waals surface area (Å²) in [6.07, 6.45) is 7.07. The van der Waals surface area contributed by atoms with Crippen LogP contribution < -0.4 is 5.73 Å². The second-order valence-corrected chi connectivity index (χ2v) is 4.40. The molecule has 2 aromatic rings. The average Bonchev–Trinajstić information content (AvgIpc) is 2.40. The van der Waals surface area contributed by atoms with Gasteiger partial charge in [-0.25, -0.2) is 0 Å². The lowest BCUT2D eigenvalue weighted by atomic mass is 10.1. The molecule has 2 aromatic heterocycles. The predicted molar refractivity (Wildman–Crippen MR) is 71.0 cm³/mol. The lowest BCUT2D eigenvalue weighted by Gasteiger charge is -2.10. The highest BCUT2D eigenvalue weighted by Gasteiger charge is 2.09. The van der Waals surface area contributed by atoms with Gasteiger partial charge in [-0.05, 0) is 25.0 Å². The summed E-state index contributed by atoms with van der Waals surface area (Å²) in [6.45, 7) is 4.03. The first-order valence-corrected chi connectivity index (χ1v) is 6.17. The van der Waals surface area contributed by atoms with Crippen LogP contribution in [0.1, 0.15) is 35.6 Å². The van der Waals surface area contributed by atoms with E-state index in [-0.39, 0.29) is 6.04 Å². The Hall–Kier alpha value is -1.81. The second kappa shape index (κ2) is 5.69. The topological polar surface area (TPSA) is 64.7 Å². The van der Waals surface area contributed by atoms with Crippen LogP contribution in [0.25, 0.3) is 0 Å². The van der Waals surface area contributed by atoms with Crippen LogP contribution in [0.2, 0.25) is 0 Å². The Bertz CT molecular complexity index is 490. The lowest BCUT2D eigenvalue weighted by Crippen LogP contribution is -2.16. The molecule has 2 rings (SSSR count). The molecule has 4 heteroatoms. The van der Waals surface area contributed by atoms with Crippen molar-refractivity contribution in [1.82, 2.24) is 15.0 Å². The number of aromatic nitrogens is 3. The largest absolute Gasteiger partial charge is 0.322 e. The predicted octanol–water partition coefficient (Wildman–Crippen LogP) is 1.98. The SMILES string of the molecule is CCc1ccc(CC(N)c2cnc(C)cn2)nc1. The number of hydrogen-bond acceptors (Lipinski definition) is 4. The quantitative estimate of drug-likeness (QED) is 0.890. The Morgan fingerprint density at radius 1 is 1.11 bits per heavy atom. The van der Waals surface area contributed by atoms with Gasteiger partial charge in [0.15, 0.2) is 0 Å². The Morgan fingerprint density at radius 2 is 1.94 bits per heavy atom. The van der Waals surface area contributed by atoms with Gasteiger partial charge in [0.05, 0.1) is 23.6 Å². The molecule has 1 atom stereocenters. The zero-order valence-electron chi connectivity index (χ0n) is 10.8. The molecule has 2 N–H and O–H groups in total. The van der Waals surface area contributed by atoms with E-state index >= 15 is 0 Å². The van der Waals surface area contributed by atoms with Gasteiger partial charge in [-0.2, -0.15) is 0 Å². The molecular weight excluding hydrogens is 224 g/mol. The molecular formula is C14H18N4. The fourth-order valence-corrected chi connectivity index (χ4v) is 1.71. The van der Waals surface area contributed by atoms with Crippen molar-refractivity contribution in [3.8, 4) is 0 Å². The molecule has 0 saturated heterocycles. The third kappa shape index (κ3) is 3.11. The molecule has 4 nitrogen and oxygen atoms in total. The monoisotopic (exact) mass is 242 g/mol. The zero-order valence-corrected chi connectivity index (χ0v) is 10.8. The van der Waals surface area contributed by atoms with Crippen molar-refractivity contribution in [2.24, 2.45) is 5.73 Å². The molecule has 0 aliphatic rings. The molecule has 1 unspecified atom stereocenters. The standard InChI is InChI=1S/C14H18N4/c1-3-11-4-5-12(17-8-11)6-13(15)14-9-16-10(2)7-18-14/h4-5,7-9,13H,3,6,15H2,1-2H3. The fourth-order valence-electron chi connectivity index (χ4n) is 1.71. The minimum atomic E-state index is -0.155. The summed E-state index contributed by atoms with van der Waals surface area (Å²) >= 11 is 0. The third-order valence-corrected chi connectivity index (χ3v) is 2.90. The highest BCUT2D eigenvalue weighted by atomic mass is 14.8. The van der Waals surface area contributed by atoms with Gasteiger partial charge in [0.1, 0.15) is 0 Å². The Balaban J connectivity index is 2.05. The molecule has 0 radical (unpaired) electrons. The molecule has 0 aliphatic heterocycles. The number of rotatable bonds is 4. The number of nitrogens with zero attached hydrogens (tertiary/aromatic N) is 3. The van der Waals surface area contributed by atoms with E-state index in [9.17, 15) is 0 Å². The van der Waals surface area contributed by atoms with Crippen LogP contribution in [0.15, 0.2) is 30.7 Å². The molecule has 0 fully saturated rings. The van der Waals surface area contributed by atoms with Gasteiger partial charge < -0.3 is 5.73 Å². The van der Waals surface area contributed by atoms with Gasteiger partial charge in [0.25, 0.3) is 0 Å². The summed E-state index contributed by atoms with van der Waals surface area (Å²) in [4.78, 5) is 12.9. The van der Waals surface area contributed by atoms with Gasteiger partial charge in [-0.1, -0.05) is 13.0 Å². The third-order valence-electron chi connectivity index (χ3n) is 2.90. The van der Waals surface area contributed by atoms with Crippen molar-refractivity contribution in [3.63, 3.8) is 0 Å². The van der Waals surface area contributed by atoms with Crippen molar-refractivity contribution in [1.29, 1.82) is 0 Å². The van der Waals surface area contributed by atoms with Crippen molar-refractivity contribution in [2.75, 3.05) is 0 Å². The number of hydrogen-bond donors (Lipinski definition) is 1. The zero-order chi connectivity index (χ0) is 13.0. The van der Waals surface area contributed by atoms with Crippen LogP contribution in [-0.4, -0.2) is 15.0 Å². The van der Waals surface area contributed by atoms with Crippen LogP contribution in [0.3, 0.4) is 0 Å². The van der Waals surface area contributed by atoms with Gasteiger partial charge in [-0.3, -0.25) is 15.0 Å². The molecule has 0 spiro atoms. The van der Waals surface area contributed by atoms with Gasteiger partial charge >= 0.3 is 0 Å². The Labute approximate surface area is 107 Å². The van der Waals surface area contributed by atoms with Crippen LogP contribution in [0.4, 0.5) is 0 Å². The molecule has 0 aromatic carbocycles. The maximum Gasteiger partial charge on any atom is 0.0758 e. The Morgan fingerprint density at radius 3 is 2.50 bits per heavy atom. The molecule has 2 heterocycles. The summed E-state index contributed by atoms with van der Waals surface area (Å²) < 4.78 is 0. The van der Waals surface area contributed by atoms with E-state index in [1.807, 2.05) is 19.2 Å². The van der Waals surface area contributed by atoms with E-state index < -0.39 is 0 Å². The normalized spacial score (nSPS) is 12.4. The molecule has 0 aliphatic carbocycles. The highest BCUT2D eigenvalue weighted by molar-refractivity contribution is 5.16. The summed E-state index contributed by atoms with van der Waals surface area (Å²) in [5.74, 6) is 0. The van der Waals surface area contributed by atoms with Crippen LogP contribution in [0, 0.1) is 6.92 Å². The smallest absolute Gasteiger partial charge is 0.0758 e. The van der Waals surface area contributed by atoms with Crippen LogP contribution in [0.5, 0.6) is 0 Å². The van der Waals surface area contributed by atoms with E-state index in [0.29, 0.717) is 6.42 Å². The molecule has 0 saturated carbocycles. The first-order chi connectivity index (χ1) is 8.69. The molecule has 0 bridgehead atoms. The maximum absolute atomic E-state index is 6.11. The van der Waals surface area contributed by atoms with E-state index in [0.717, 1.165) is 23.5 Å². The Kier molecular flexibility index (Phi) is 3.99. The van der Waals surface area contributed by atoms with E-state index in [1.54, 1.807) is 12.4 Å². The highest BCUT2D eigenvalue weighted by Crippen LogP contribution is 2.12. The average molecular weight is 242 g/mol. The van der Waals surface area contributed by atoms with E-state index in [1.165, 1.54) is 5.56 Å². The van der Waals surface area contributed by atoms with Crippen molar-refractivity contribution < 1.29 is 0 Å². The molecule has 18 heavy (non-hydrogen) atoms. The minimum Gasteiger partial charge on any atom is -0.322 e. The van der Waals surface area contributed by atoms with Gasteiger partial charge in [-0.15, -0.1) is 0 Å². The summed E-state index contributed by atoms with van der Waals surface area (Å²) in [7, 11) is 0. The van der Waals surface area contributed by atoms with Crippen molar-refractivity contribution in [3.05, 3.63) is 53.4 Å². The fraction of sp³-hybridized carbons (Fsp3) is 0.357. The van der Waals surface area contributed by atoms with Crippen LogP contribution in [-0.2, 0) is 12.8 Å². The van der Waals surface area contributed by atoms with Crippen molar-refractivity contribution in [2.45, 2.75) is 32.7 Å². The number of nitrogens with two attached hydrogens (primary N) is 1. The number of aryl methyl sites for hydroxylation is 2. The van der Waals surface area contributed by atoms with Crippen molar-refractivity contribution >= 4 is 0 Å². The van der Waals surface area contributed by atoms with E-state index in [4.69, 9.17) is 5.73 Å². The first kappa shape index (κ1) is 12.6. The summed E-state index contributed by atoms with van der Waals surface area (Å²) in [5, 5.41) is 0. The van der Waals surface area contributed by atoms with E-state index in [2.05, 4.69) is 27.9 Å². The summed E-state index contributed by atoms with van der Waals surface area (Å²) in [6, 6.07) is 3.97. The molecule has 94 valence electrons. The maximum atomic E-state index is 6.11. The minimum absolute atomic E-state index is 0.155. The number of pyridine rings is 1. The first-order valence-electron chi connectivity index (χ1n) is 6.17.